The number of halogens is 2. The molecule has 0 amide bonds. The SMILES string of the molecule is Clc1ccc2nc(-c3ccc4c(c3)OCO4)cc(-c3ccccc3Cl)c2c1. The van der Waals surface area contributed by atoms with Gasteiger partial charge in [-0.2, -0.15) is 0 Å². The third kappa shape index (κ3) is 2.89. The third-order valence-electron chi connectivity index (χ3n) is 4.60. The Morgan fingerprint density at radius 3 is 2.52 bits per heavy atom. The Morgan fingerprint density at radius 1 is 0.778 bits per heavy atom. The van der Waals surface area contributed by atoms with Crippen molar-refractivity contribution in [3.63, 3.8) is 0 Å². The van der Waals surface area contributed by atoms with Gasteiger partial charge < -0.3 is 9.47 Å². The van der Waals surface area contributed by atoms with E-state index in [2.05, 4.69) is 0 Å². The van der Waals surface area contributed by atoms with Gasteiger partial charge in [0.25, 0.3) is 0 Å². The second-order valence-corrected chi connectivity index (χ2v) is 7.11. The van der Waals surface area contributed by atoms with E-state index in [1.807, 2.05) is 66.7 Å². The summed E-state index contributed by atoms with van der Waals surface area (Å²) < 4.78 is 10.9. The van der Waals surface area contributed by atoms with Gasteiger partial charge in [-0.05, 0) is 54.1 Å². The van der Waals surface area contributed by atoms with E-state index in [-0.39, 0.29) is 6.79 Å². The van der Waals surface area contributed by atoms with Crippen LogP contribution < -0.4 is 9.47 Å². The average Bonchev–Trinajstić information content (AvgIpc) is 3.15. The predicted octanol–water partition coefficient (Wildman–Crippen LogP) is 6.60. The van der Waals surface area contributed by atoms with E-state index in [9.17, 15) is 0 Å². The molecule has 5 rings (SSSR count). The van der Waals surface area contributed by atoms with Gasteiger partial charge in [0.05, 0.1) is 11.2 Å². The zero-order chi connectivity index (χ0) is 18.4. The van der Waals surface area contributed by atoms with Gasteiger partial charge in [0.2, 0.25) is 6.79 Å². The number of hydrogen-bond acceptors (Lipinski definition) is 3. The van der Waals surface area contributed by atoms with Crippen molar-refractivity contribution in [2.45, 2.75) is 0 Å². The number of hydrogen-bond donors (Lipinski definition) is 0. The van der Waals surface area contributed by atoms with Crippen LogP contribution in [0.2, 0.25) is 10.0 Å². The second kappa shape index (κ2) is 6.45. The lowest BCUT2D eigenvalue weighted by atomic mass is 9.98. The van der Waals surface area contributed by atoms with Gasteiger partial charge >= 0.3 is 0 Å². The Morgan fingerprint density at radius 2 is 1.63 bits per heavy atom. The van der Waals surface area contributed by atoms with E-state index in [4.69, 9.17) is 37.7 Å². The molecule has 27 heavy (non-hydrogen) atoms. The molecule has 1 aliphatic heterocycles. The lowest BCUT2D eigenvalue weighted by molar-refractivity contribution is 0.174. The van der Waals surface area contributed by atoms with Crippen LogP contribution in [0.3, 0.4) is 0 Å². The minimum absolute atomic E-state index is 0.243. The van der Waals surface area contributed by atoms with Gasteiger partial charge in [-0.25, -0.2) is 4.98 Å². The summed E-state index contributed by atoms with van der Waals surface area (Å²) in [6.07, 6.45) is 0. The van der Waals surface area contributed by atoms with Crippen LogP contribution in [0.15, 0.2) is 66.7 Å². The zero-order valence-electron chi connectivity index (χ0n) is 14.1. The van der Waals surface area contributed by atoms with Crippen molar-refractivity contribution in [2.24, 2.45) is 0 Å². The number of rotatable bonds is 2. The molecule has 0 fully saturated rings. The van der Waals surface area contributed by atoms with Gasteiger partial charge in [0.1, 0.15) is 0 Å². The molecule has 3 aromatic carbocycles. The van der Waals surface area contributed by atoms with Gasteiger partial charge in [0, 0.05) is 26.6 Å². The molecule has 0 spiro atoms. The molecule has 1 aromatic heterocycles. The first kappa shape index (κ1) is 16.4. The lowest BCUT2D eigenvalue weighted by Gasteiger charge is -2.12. The fourth-order valence-corrected chi connectivity index (χ4v) is 3.71. The Hall–Kier alpha value is -2.75. The first-order valence-electron chi connectivity index (χ1n) is 8.44. The molecule has 132 valence electrons. The van der Waals surface area contributed by atoms with Gasteiger partial charge in [-0.3, -0.25) is 0 Å². The molecule has 4 aromatic rings. The molecule has 1 aliphatic rings. The van der Waals surface area contributed by atoms with E-state index >= 15 is 0 Å². The second-order valence-electron chi connectivity index (χ2n) is 6.26. The molecule has 0 N–H and O–H groups in total. The summed E-state index contributed by atoms with van der Waals surface area (Å²) in [5, 5.41) is 2.30. The van der Waals surface area contributed by atoms with Crippen LogP contribution in [-0.4, -0.2) is 11.8 Å². The fraction of sp³-hybridized carbons (Fsp3) is 0.0455. The summed E-state index contributed by atoms with van der Waals surface area (Å²) in [6, 6.07) is 21.3. The molecule has 0 bridgehead atoms. The number of ether oxygens (including phenoxy) is 2. The molecule has 0 atom stereocenters. The van der Waals surface area contributed by atoms with Gasteiger partial charge in [-0.1, -0.05) is 41.4 Å². The number of fused-ring (bicyclic) bond motifs is 2. The molecule has 0 saturated heterocycles. The molecule has 0 aliphatic carbocycles. The van der Waals surface area contributed by atoms with Crippen molar-refractivity contribution in [1.82, 2.24) is 4.98 Å². The van der Waals surface area contributed by atoms with Gasteiger partial charge in [0.15, 0.2) is 11.5 Å². The number of nitrogens with zero attached hydrogens (tertiary/aromatic N) is 1. The lowest BCUT2D eigenvalue weighted by Crippen LogP contribution is -1.93. The average molecular weight is 394 g/mol. The monoisotopic (exact) mass is 393 g/mol. The number of aromatic nitrogens is 1. The largest absolute Gasteiger partial charge is 0.454 e. The molecule has 0 radical (unpaired) electrons. The van der Waals surface area contributed by atoms with Crippen LogP contribution in [0.25, 0.3) is 33.3 Å². The fourth-order valence-electron chi connectivity index (χ4n) is 3.30. The topological polar surface area (TPSA) is 31.4 Å². The highest BCUT2D eigenvalue weighted by atomic mass is 35.5. The molecular formula is C22H13Cl2NO2. The first-order chi connectivity index (χ1) is 13.2. The van der Waals surface area contributed by atoms with Crippen molar-refractivity contribution >= 4 is 34.1 Å². The van der Waals surface area contributed by atoms with Crippen molar-refractivity contribution in [1.29, 1.82) is 0 Å². The minimum atomic E-state index is 0.243. The van der Waals surface area contributed by atoms with E-state index in [0.29, 0.717) is 10.0 Å². The van der Waals surface area contributed by atoms with Crippen LogP contribution >= 0.6 is 23.2 Å². The maximum Gasteiger partial charge on any atom is 0.231 e. The van der Waals surface area contributed by atoms with Crippen LogP contribution in [0, 0.1) is 0 Å². The standard InChI is InChI=1S/C22H13Cl2NO2/c23-14-6-7-19-17(10-14)16(15-3-1-2-4-18(15)24)11-20(25-19)13-5-8-21-22(9-13)27-12-26-21/h1-11H,12H2. The first-order valence-corrected chi connectivity index (χ1v) is 9.20. The molecule has 2 heterocycles. The molecule has 0 unspecified atom stereocenters. The summed E-state index contributed by atoms with van der Waals surface area (Å²) in [4.78, 5) is 4.83. The Kier molecular flexibility index (Phi) is 3.92. The van der Waals surface area contributed by atoms with Crippen LogP contribution in [0.1, 0.15) is 0 Å². The van der Waals surface area contributed by atoms with Crippen LogP contribution in [0.4, 0.5) is 0 Å². The Balaban J connectivity index is 1.78. The van der Waals surface area contributed by atoms with Crippen molar-refractivity contribution in [3.05, 3.63) is 76.8 Å². The predicted molar refractivity (Wildman–Crippen MR) is 109 cm³/mol. The molecule has 0 saturated carbocycles. The van der Waals surface area contributed by atoms with Crippen molar-refractivity contribution in [3.8, 4) is 33.9 Å². The third-order valence-corrected chi connectivity index (χ3v) is 5.17. The van der Waals surface area contributed by atoms with Crippen LogP contribution in [-0.2, 0) is 0 Å². The maximum absolute atomic E-state index is 6.48. The number of pyridine rings is 1. The highest BCUT2D eigenvalue weighted by Gasteiger charge is 2.16. The van der Waals surface area contributed by atoms with E-state index in [1.165, 1.54) is 0 Å². The van der Waals surface area contributed by atoms with E-state index in [1.54, 1.807) is 0 Å². The van der Waals surface area contributed by atoms with Crippen molar-refractivity contribution < 1.29 is 9.47 Å². The Labute approximate surface area is 166 Å². The summed E-state index contributed by atoms with van der Waals surface area (Å²) in [5.41, 5.74) is 4.56. The Bertz CT molecular complexity index is 1190. The molecule has 5 heteroatoms. The van der Waals surface area contributed by atoms with Gasteiger partial charge in [-0.15, -0.1) is 0 Å². The summed E-state index contributed by atoms with van der Waals surface area (Å²) >= 11 is 12.7. The minimum Gasteiger partial charge on any atom is -0.454 e. The molecule has 3 nitrogen and oxygen atoms in total. The quantitative estimate of drug-likeness (QED) is 0.384. The summed E-state index contributed by atoms with van der Waals surface area (Å²) in [6.45, 7) is 0.243. The van der Waals surface area contributed by atoms with E-state index in [0.717, 1.165) is 44.8 Å². The smallest absolute Gasteiger partial charge is 0.231 e. The number of benzene rings is 3. The highest BCUT2D eigenvalue weighted by molar-refractivity contribution is 6.34. The maximum atomic E-state index is 6.48. The summed E-state index contributed by atoms with van der Waals surface area (Å²) in [7, 11) is 0. The zero-order valence-corrected chi connectivity index (χ0v) is 15.6. The van der Waals surface area contributed by atoms with Crippen molar-refractivity contribution in [2.75, 3.05) is 6.79 Å². The summed E-state index contributed by atoms with van der Waals surface area (Å²) in [5.74, 6) is 1.47. The van der Waals surface area contributed by atoms with Crippen LogP contribution in [0.5, 0.6) is 11.5 Å². The molecular weight excluding hydrogens is 381 g/mol. The van der Waals surface area contributed by atoms with E-state index < -0.39 is 0 Å². The highest BCUT2D eigenvalue weighted by Crippen LogP contribution is 2.39. The normalized spacial score (nSPS) is 12.5.